The molecule has 0 saturated carbocycles. The van der Waals surface area contributed by atoms with Gasteiger partial charge in [0, 0.05) is 13.0 Å². The minimum absolute atomic E-state index is 0.0217. The summed E-state index contributed by atoms with van der Waals surface area (Å²) in [6, 6.07) is -1.38. The maximum Gasteiger partial charge on any atom is 0.312 e. The number of carboxylic acid groups (broad SMARTS) is 1. The molecule has 0 radical (unpaired) electrons. The SMILES string of the molecule is CCC(C)C(NC(N)=O)C(=O)NCCCCC(=O)O. The van der Waals surface area contributed by atoms with Gasteiger partial charge in [-0.25, -0.2) is 4.79 Å². The van der Waals surface area contributed by atoms with Gasteiger partial charge in [-0.15, -0.1) is 0 Å². The molecule has 3 amide bonds. The number of nitrogens with one attached hydrogen (secondary N) is 2. The predicted molar refractivity (Wildman–Crippen MR) is 70.5 cm³/mol. The normalized spacial score (nSPS) is 13.4. The van der Waals surface area contributed by atoms with E-state index in [1.807, 2.05) is 13.8 Å². The Bertz CT molecular complexity index is 320. The van der Waals surface area contributed by atoms with E-state index in [9.17, 15) is 14.4 Å². The van der Waals surface area contributed by atoms with Crippen LogP contribution >= 0.6 is 0 Å². The molecule has 0 saturated heterocycles. The van der Waals surface area contributed by atoms with Crippen molar-refractivity contribution in [3.05, 3.63) is 0 Å². The number of rotatable bonds is 9. The van der Waals surface area contributed by atoms with Crippen LogP contribution in [0.1, 0.15) is 39.5 Å². The molecule has 0 aliphatic rings. The molecule has 0 aromatic rings. The molecule has 0 aliphatic heterocycles. The summed E-state index contributed by atoms with van der Waals surface area (Å²) in [5, 5.41) is 13.6. The largest absolute Gasteiger partial charge is 0.481 e. The molecule has 0 aromatic carbocycles. The molecule has 19 heavy (non-hydrogen) atoms. The number of urea groups is 1. The van der Waals surface area contributed by atoms with Crippen LogP contribution in [0.4, 0.5) is 4.79 Å². The molecule has 2 atom stereocenters. The summed E-state index contributed by atoms with van der Waals surface area (Å²) in [6.07, 6.45) is 1.91. The van der Waals surface area contributed by atoms with E-state index < -0.39 is 18.0 Å². The summed E-state index contributed by atoms with van der Waals surface area (Å²) in [4.78, 5) is 33.0. The molecule has 0 heterocycles. The van der Waals surface area contributed by atoms with E-state index in [-0.39, 0.29) is 18.2 Å². The van der Waals surface area contributed by atoms with E-state index >= 15 is 0 Å². The minimum atomic E-state index is -0.848. The predicted octanol–water partition coefficient (Wildman–Crippen LogP) is 0.441. The van der Waals surface area contributed by atoms with Gasteiger partial charge in [-0.1, -0.05) is 20.3 Å². The fraction of sp³-hybridized carbons (Fsp3) is 0.750. The molecule has 0 aliphatic carbocycles. The Labute approximate surface area is 112 Å². The van der Waals surface area contributed by atoms with E-state index in [2.05, 4.69) is 10.6 Å². The maximum atomic E-state index is 11.9. The average Bonchev–Trinajstić information content (AvgIpc) is 2.33. The van der Waals surface area contributed by atoms with E-state index in [1.54, 1.807) is 0 Å². The average molecular weight is 273 g/mol. The van der Waals surface area contributed by atoms with Crippen LogP contribution in [0.3, 0.4) is 0 Å². The Hall–Kier alpha value is -1.79. The van der Waals surface area contributed by atoms with Crippen LogP contribution in [0.2, 0.25) is 0 Å². The van der Waals surface area contributed by atoms with Crippen LogP contribution in [0.5, 0.6) is 0 Å². The smallest absolute Gasteiger partial charge is 0.312 e. The number of unbranched alkanes of at least 4 members (excludes halogenated alkanes) is 1. The lowest BCUT2D eigenvalue weighted by molar-refractivity contribution is -0.137. The molecule has 7 heteroatoms. The van der Waals surface area contributed by atoms with Gasteiger partial charge in [0.2, 0.25) is 5.91 Å². The zero-order valence-electron chi connectivity index (χ0n) is 11.4. The summed E-state index contributed by atoms with van der Waals surface area (Å²) >= 11 is 0. The van der Waals surface area contributed by atoms with Gasteiger partial charge in [-0.05, 0) is 18.8 Å². The van der Waals surface area contributed by atoms with Crippen molar-refractivity contribution in [1.29, 1.82) is 0 Å². The topological polar surface area (TPSA) is 122 Å². The van der Waals surface area contributed by atoms with Gasteiger partial charge in [0.05, 0.1) is 0 Å². The lowest BCUT2D eigenvalue weighted by atomic mass is 9.98. The van der Waals surface area contributed by atoms with Crippen LogP contribution in [0.15, 0.2) is 0 Å². The number of primary amides is 1. The molecule has 0 bridgehead atoms. The highest BCUT2D eigenvalue weighted by Crippen LogP contribution is 2.07. The zero-order valence-corrected chi connectivity index (χ0v) is 11.4. The number of aliphatic carboxylic acids is 1. The highest BCUT2D eigenvalue weighted by Gasteiger charge is 2.24. The zero-order chi connectivity index (χ0) is 14.8. The van der Waals surface area contributed by atoms with Gasteiger partial charge in [0.15, 0.2) is 0 Å². The Morgan fingerprint density at radius 1 is 1.26 bits per heavy atom. The first-order valence-electron chi connectivity index (χ1n) is 6.44. The van der Waals surface area contributed by atoms with Crippen LogP contribution in [0.25, 0.3) is 0 Å². The van der Waals surface area contributed by atoms with Gasteiger partial charge in [0.25, 0.3) is 0 Å². The summed E-state index contributed by atoms with van der Waals surface area (Å²) in [5.41, 5.74) is 5.04. The highest BCUT2D eigenvalue weighted by molar-refractivity contribution is 5.86. The van der Waals surface area contributed by atoms with E-state index in [0.29, 0.717) is 19.4 Å². The second-order valence-electron chi connectivity index (χ2n) is 4.51. The first-order valence-corrected chi connectivity index (χ1v) is 6.44. The molecular formula is C12H23N3O4. The number of carboxylic acids is 1. The quantitative estimate of drug-likeness (QED) is 0.455. The number of nitrogens with two attached hydrogens (primary N) is 1. The van der Waals surface area contributed by atoms with Gasteiger partial charge >= 0.3 is 12.0 Å². The van der Waals surface area contributed by atoms with Crippen molar-refractivity contribution >= 4 is 17.9 Å². The van der Waals surface area contributed by atoms with Crippen molar-refractivity contribution in [3.8, 4) is 0 Å². The number of carbonyl (C=O) groups is 3. The van der Waals surface area contributed by atoms with Gasteiger partial charge < -0.3 is 21.5 Å². The van der Waals surface area contributed by atoms with Gasteiger partial charge in [0.1, 0.15) is 6.04 Å². The standard InChI is InChI=1S/C12H23N3O4/c1-3-8(2)10(15-12(13)19)11(18)14-7-5-4-6-9(16)17/h8,10H,3-7H2,1-2H3,(H,14,18)(H,16,17)(H3,13,15,19). The van der Waals surface area contributed by atoms with Crippen molar-refractivity contribution in [2.45, 2.75) is 45.6 Å². The van der Waals surface area contributed by atoms with Crippen LogP contribution in [-0.4, -0.2) is 35.6 Å². The second kappa shape index (κ2) is 9.18. The Morgan fingerprint density at radius 2 is 1.89 bits per heavy atom. The molecule has 0 fully saturated rings. The summed E-state index contributed by atoms with van der Waals surface area (Å²) in [7, 11) is 0. The minimum Gasteiger partial charge on any atom is -0.481 e. The first kappa shape index (κ1) is 17.2. The lowest BCUT2D eigenvalue weighted by Crippen LogP contribution is -2.51. The van der Waals surface area contributed by atoms with Crippen LogP contribution in [-0.2, 0) is 9.59 Å². The Kier molecular flexibility index (Phi) is 8.32. The molecule has 0 rings (SSSR count). The second-order valence-corrected chi connectivity index (χ2v) is 4.51. The first-order chi connectivity index (χ1) is 8.88. The number of amides is 3. The van der Waals surface area contributed by atoms with Crippen molar-refractivity contribution in [3.63, 3.8) is 0 Å². The molecule has 5 N–H and O–H groups in total. The van der Waals surface area contributed by atoms with Gasteiger partial charge in [-0.3, -0.25) is 9.59 Å². The maximum absolute atomic E-state index is 11.9. The van der Waals surface area contributed by atoms with Crippen molar-refractivity contribution in [1.82, 2.24) is 10.6 Å². The fourth-order valence-electron chi connectivity index (χ4n) is 1.58. The number of hydrogen-bond donors (Lipinski definition) is 4. The summed E-state index contributed by atoms with van der Waals surface area (Å²) in [6.45, 7) is 4.16. The van der Waals surface area contributed by atoms with E-state index in [0.717, 1.165) is 6.42 Å². The van der Waals surface area contributed by atoms with E-state index in [4.69, 9.17) is 10.8 Å². The summed E-state index contributed by atoms with van der Waals surface area (Å²) in [5.74, 6) is -1.16. The third-order valence-electron chi connectivity index (χ3n) is 2.91. The lowest BCUT2D eigenvalue weighted by Gasteiger charge is -2.22. The fourth-order valence-corrected chi connectivity index (χ4v) is 1.58. The summed E-state index contributed by atoms with van der Waals surface area (Å²) < 4.78 is 0. The Balaban J connectivity index is 4.10. The molecule has 0 spiro atoms. The molecular weight excluding hydrogens is 250 g/mol. The van der Waals surface area contributed by atoms with Crippen molar-refractivity contribution in [2.24, 2.45) is 11.7 Å². The van der Waals surface area contributed by atoms with Crippen LogP contribution in [0, 0.1) is 5.92 Å². The molecule has 110 valence electrons. The third-order valence-corrected chi connectivity index (χ3v) is 2.91. The molecule has 0 aromatic heterocycles. The highest BCUT2D eigenvalue weighted by atomic mass is 16.4. The molecule has 7 nitrogen and oxygen atoms in total. The molecule has 2 unspecified atom stereocenters. The number of hydrogen-bond acceptors (Lipinski definition) is 3. The number of carbonyl (C=O) groups excluding carboxylic acids is 2. The monoisotopic (exact) mass is 273 g/mol. The Morgan fingerprint density at radius 3 is 2.37 bits per heavy atom. The van der Waals surface area contributed by atoms with Gasteiger partial charge in [-0.2, -0.15) is 0 Å². The third kappa shape index (κ3) is 8.01. The van der Waals surface area contributed by atoms with Crippen molar-refractivity contribution < 1.29 is 19.5 Å². The van der Waals surface area contributed by atoms with Crippen molar-refractivity contribution in [2.75, 3.05) is 6.54 Å². The van der Waals surface area contributed by atoms with E-state index in [1.165, 1.54) is 0 Å². The van der Waals surface area contributed by atoms with Crippen LogP contribution < -0.4 is 16.4 Å².